The molecule has 0 bridgehead atoms. The Balaban J connectivity index is 2.47. The number of rotatable bonds is 6. The number of benzene rings is 1. The maximum atomic E-state index is 11.6. The minimum atomic E-state index is -2.74. The first-order valence-corrected chi connectivity index (χ1v) is 7.24. The van der Waals surface area contributed by atoms with Gasteiger partial charge in [0.15, 0.2) is 5.41 Å². The van der Waals surface area contributed by atoms with Gasteiger partial charge in [-0.1, -0.05) is 18.2 Å². The Morgan fingerprint density at radius 2 is 1.38 bits per heavy atom. The summed E-state index contributed by atoms with van der Waals surface area (Å²) in [4.78, 5) is 45.3. The molecule has 1 aliphatic rings. The van der Waals surface area contributed by atoms with E-state index >= 15 is 0 Å². The molecule has 9 nitrogen and oxygen atoms in total. The Bertz CT molecular complexity index is 831. The highest BCUT2D eigenvalue weighted by Crippen LogP contribution is 2.42. The molecule has 0 radical (unpaired) electrons. The number of carbonyl (C=O) groups is 4. The molecule has 5 N–H and O–H groups in total. The van der Waals surface area contributed by atoms with Crippen molar-refractivity contribution in [1.29, 1.82) is 0 Å². The van der Waals surface area contributed by atoms with Crippen LogP contribution in [0.5, 0.6) is 0 Å². The third-order valence-electron chi connectivity index (χ3n) is 4.18. The Kier molecular flexibility index (Phi) is 4.94. The molecule has 1 aromatic rings. The fourth-order valence-electron chi connectivity index (χ4n) is 2.73. The molecule has 1 atom stereocenters. The van der Waals surface area contributed by atoms with Gasteiger partial charge in [0.1, 0.15) is 6.10 Å². The lowest BCUT2D eigenvalue weighted by Gasteiger charge is -2.31. The molecule has 0 saturated carbocycles. The van der Waals surface area contributed by atoms with Gasteiger partial charge in [0, 0.05) is 6.42 Å². The highest BCUT2D eigenvalue weighted by molar-refractivity contribution is 6.11. The summed E-state index contributed by atoms with van der Waals surface area (Å²) < 4.78 is 0. The average molecular weight is 362 g/mol. The van der Waals surface area contributed by atoms with Crippen molar-refractivity contribution in [3.8, 4) is 0 Å². The maximum Gasteiger partial charge on any atom is 0.335 e. The van der Waals surface area contributed by atoms with Crippen molar-refractivity contribution in [1.82, 2.24) is 0 Å². The Labute approximate surface area is 146 Å². The second-order valence-electron chi connectivity index (χ2n) is 5.65. The first-order valence-electron chi connectivity index (χ1n) is 7.24. The molecule has 0 fully saturated rings. The van der Waals surface area contributed by atoms with Crippen molar-refractivity contribution in [2.45, 2.75) is 12.5 Å². The summed E-state index contributed by atoms with van der Waals surface area (Å²) in [6, 6.07) is 5.05. The smallest absolute Gasteiger partial charge is 0.335 e. The van der Waals surface area contributed by atoms with Crippen molar-refractivity contribution in [3.63, 3.8) is 0 Å². The van der Waals surface area contributed by atoms with Gasteiger partial charge in [-0.15, -0.1) is 0 Å². The molecular weight excluding hydrogens is 348 g/mol. The highest BCUT2D eigenvalue weighted by Gasteiger charge is 2.54. The molecule has 0 amide bonds. The van der Waals surface area contributed by atoms with E-state index in [2.05, 4.69) is 0 Å². The zero-order chi connectivity index (χ0) is 19.6. The third-order valence-corrected chi connectivity index (χ3v) is 4.18. The van der Waals surface area contributed by atoms with Gasteiger partial charge in [-0.3, -0.25) is 9.59 Å². The van der Waals surface area contributed by atoms with E-state index in [0.717, 1.165) is 12.2 Å². The van der Waals surface area contributed by atoms with Crippen LogP contribution >= 0.6 is 0 Å². The summed E-state index contributed by atoms with van der Waals surface area (Å²) >= 11 is 0. The van der Waals surface area contributed by atoms with Crippen LogP contribution in [0.25, 0.3) is 0 Å². The van der Waals surface area contributed by atoms with E-state index in [0.29, 0.717) is 0 Å². The standard InChI is InChI=1S/C17H14O9/c18-12(8-1-3-9(4-2-8)13(19)20)10-5-6-11(14(21)22)17(7-10,15(23)24)16(25)26/h1-6,12,18H,7H2,(H,19,20)(H,21,22)(H,23,24)(H,25,26). The number of hydrogen-bond acceptors (Lipinski definition) is 5. The summed E-state index contributed by atoms with van der Waals surface area (Å²) in [6.07, 6.45) is -0.179. The fourth-order valence-corrected chi connectivity index (χ4v) is 2.73. The van der Waals surface area contributed by atoms with Crippen LogP contribution in [0.2, 0.25) is 0 Å². The van der Waals surface area contributed by atoms with E-state index in [1.807, 2.05) is 0 Å². The monoisotopic (exact) mass is 362 g/mol. The molecule has 0 aliphatic heterocycles. The largest absolute Gasteiger partial charge is 0.480 e. The summed E-state index contributed by atoms with van der Waals surface area (Å²) in [5, 5.41) is 47.2. The van der Waals surface area contributed by atoms with Crippen molar-refractivity contribution >= 4 is 23.9 Å². The van der Waals surface area contributed by atoms with E-state index in [1.54, 1.807) is 0 Å². The van der Waals surface area contributed by atoms with Crippen LogP contribution in [0, 0.1) is 5.41 Å². The molecule has 1 unspecified atom stereocenters. The second kappa shape index (κ2) is 6.81. The van der Waals surface area contributed by atoms with Gasteiger partial charge < -0.3 is 25.5 Å². The molecule has 136 valence electrons. The van der Waals surface area contributed by atoms with Crippen molar-refractivity contribution in [3.05, 3.63) is 58.7 Å². The second-order valence-corrected chi connectivity index (χ2v) is 5.65. The normalized spacial score (nSPS) is 16.8. The number of hydrogen-bond donors (Lipinski definition) is 5. The number of aliphatic carboxylic acids is 3. The molecule has 0 aromatic heterocycles. The first kappa shape index (κ1) is 18.9. The SMILES string of the molecule is O=C(O)C1=CC=C(C(O)c2ccc(C(=O)O)cc2)CC1(C(=O)O)C(=O)O. The van der Waals surface area contributed by atoms with Crippen LogP contribution < -0.4 is 0 Å². The number of carboxylic acid groups (broad SMARTS) is 4. The van der Waals surface area contributed by atoms with Crippen LogP contribution in [0.3, 0.4) is 0 Å². The molecule has 0 spiro atoms. The molecule has 1 aliphatic carbocycles. The molecule has 1 aromatic carbocycles. The van der Waals surface area contributed by atoms with E-state index in [1.165, 1.54) is 24.3 Å². The van der Waals surface area contributed by atoms with Gasteiger partial charge in [0.25, 0.3) is 0 Å². The van der Waals surface area contributed by atoms with Crippen LogP contribution in [0.1, 0.15) is 28.4 Å². The predicted molar refractivity (Wildman–Crippen MR) is 84.5 cm³/mol. The first-order chi connectivity index (χ1) is 12.1. The zero-order valence-electron chi connectivity index (χ0n) is 13.1. The van der Waals surface area contributed by atoms with E-state index in [-0.39, 0.29) is 16.7 Å². The lowest BCUT2D eigenvalue weighted by atomic mass is 9.70. The fraction of sp³-hybridized carbons (Fsp3) is 0.176. The minimum Gasteiger partial charge on any atom is -0.480 e. The Hall–Kier alpha value is -3.46. The lowest BCUT2D eigenvalue weighted by Crippen LogP contribution is -2.45. The van der Waals surface area contributed by atoms with Crippen molar-refractivity contribution in [2.24, 2.45) is 5.41 Å². The van der Waals surface area contributed by atoms with Crippen LogP contribution in [-0.4, -0.2) is 49.4 Å². The van der Waals surface area contributed by atoms with E-state index < -0.39 is 47.4 Å². The predicted octanol–water partition coefficient (Wildman–Crippen LogP) is 0.915. The quantitative estimate of drug-likeness (QED) is 0.462. The number of allylic oxidation sites excluding steroid dienone is 2. The Morgan fingerprint density at radius 1 is 0.846 bits per heavy atom. The van der Waals surface area contributed by atoms with Gasteiger partial charge in [0.05, 0.1) is 11.1 Å². The van der Waals surface area contributed by atoms with Gasteiger partial charge in [-0.2, -0.15) is 0 Å². The summed E-state index contributed by atoms with van der Waals surface area (Å²) in [7, 11) is 0. The van der Waals surface area contributed by atoms with Crippen molar-refractivity contribution < 1.29 is 44.7 Å². The summed E-state index contributed by atoms with van der Waals surface area (Å²) in [6.45, 7) is 0. The van der Waals surface area contributed by atoms with Crippen LogP contribution in [0.4, 0.5) is 0 Å². The number of carboxylic acids is 4. The zero-order valence-corrected chi connectivity index (χ0v) is 13.1. The lowest BCUT2D eigenvalue weighted by molar-refractivity contribution is -0.164. The average Bonchev–Trinajstić information content (AvgIpc) is 2.59. The van der Waals surface area contributed by atoms with Crippen LogP contribution in [0.15, 0.2) is 47.6 Å². The molecular formula is C17H14O9. The molecule has 0 saturated heterocycles. The van der Waals surface area contributed by atoms with Crippen LogP contribution in [-0.2, 0) is 14.4 Å². The number of aliphatic hydroxyl groups is 1. The topological polar surface area (TPSA) is 169 Å². The van der Waals surface area contributed by atoms with Gasteiger partial charge >= 0.3 is 23.9 Å². The number of aromatic carboxylic acids is 1. The Morgan fingerprint density at radius 3 is 1.81 bits per heavy atom. The van der Waals surface area contributed by atoms with Gasteiger partial charge in [-0.05, 0) is 29.3 Å². The molecule has 26 heavy (non-hydrogen) atoms. The third kappa shape index (κ3) is 3.07. The highest BCUT2D eigenvalue weighted by atomic mass is 16.4. The maximum absolute atomic E-state index is 11.6. The molecule has 9 heteroatoms. The van der Waals surface area contributed by atoms with Gasteiger partial charge in [-0.25, -0.2) is 9.59 Å². The molecule has 2 rings (SSSR count). The van der Waals surface area contributed by atoms with E-state index in [9.17, 15) is 34.5 Å². The number of aliphatic hydroxyl groups excluding tert-OH is 1. The summed E-state index contributed by atoms with van der Waals surface area (Å²) in [5.74, 6) is -6.59. The minimum absolute atomic E-state index is 0.0251. The molecule has 0 heterocycles. The summed E-state index contributed by atoms with van der Waals surface area (Å²) in [5.41, 5.74) is -3.41. The van der Waals surface area contributed by atoms with Gasteiger partial charge in [0.2, 0.25) is 0 Å². The van der Waals surface area contributed by atoms with Crippen molar-refractivity contribution in [2.75, 3.05) is 0 Å². The van der Waals surface area contributed by atoms with E-state index in [4.69, 9.17) is 10.2 Å².